The van der Waals surface area contributed by atoms with E-state index in [4.69, 9.17) is 0 Å². The molecule has 1 heterocycles. The summed E-state index contributed by atoms with van der Waals surface area (Å²) < 4.78 is 39.1. The van der Waals surface area contributed by atoms with E-state index in [0.717, 1.165) is 23.3 Å². The predicted molar refractivity (Wildman–Crippen MR) is 143 cm³/mol. The van der Waals surface area contributed by atoms with Gasteiger partial charge in [-0.15, -0.1) is 0 Å². The van der Waals surface area contributed by atoms with Gasteiger partial charge in [0.15, 0.2) is 0 Å². The number of aromatic amines is 1. The number of aliphatic carboxylic acids is 1. The highest BCUT2D eigenvalue weighted by Gasteiger charge is 2.71. The van der Waals surface area contributed by atoms with Crippen LogP contribution in [0.4, 0.5) is 13.2 Å². The van der Waals surface area contributed by atoms with Gasteiger partial charge in [-0.2, -0.15) is 18.4 Å². The number of carbonyl (C=O) groups excluding carboxylic acids is 1. The number of carbonyl (C=O) groups is 2. The number of carboxylic acid groups (broad SMARTS) is 1. The molecule has 10 heteroatoms. The van der Waals surface area contributed by atoms with Crippen molar-refractivity contribution in [3.05, 3.63) is 83.6 Å². The summed E-state index contributed by atoms with van der Waals surface area (Å²) in [6.07, 6.45) is -1.07. The van der Waals surface area contributed by atoms with Crippen molar-refractivity contribution in [1.29, 1.82) is 5.26 Å². The second kappa shape index (κ2) is 9.17. The number of hydrogen-bond donors (Lipinski definition) is 3. The van der Waals surface area contributed by atoms with Crippen molar-refractivity contribution in [2.24, 2.45) is 10.8 Å². The zero-order chi connectivity index (χ0) is 28.3. The lowest BCUT2D eigenvalue weighted by atomic mass is 9.35. The number of nitriles is 1. The van der Waals surface area contributed by atoms with E-state index in [0.29, 0.717) is 57.6 Å². The average Bonchev–Trinajstić information content (AvgIpc) is 3.28. The van der Waals surface area contributed by atoms with Crippen LogP contribution in [-0.2, 0) is 11.0 Å². The number of halogens is 3. The lowest BCUT2D eigenvalue weighted by molar-refractivity contribution is -0.219. The molecule has 6 nitrogen and oxygen atoms in total. The van der Waals surface area contributed by atoms with Gasteiger partial charge in [0, 0.05) is 33.4 Å². The number of amides is 1. The first-order chi connectivity index (χ1) is 19.0. The van der Waals surface area contributed by atoms with Crippen molar-refractivity contribution in [3.8, 4) is 17.2 Å². The molecule has 1 aromatic heterocycles. The maximum Gasteiger partial charge on any atom is 0.416 e. The van der Waals surface area contributed by atoms with Gasteiger partial charge in [0.05, 0.1) is 28.2 Å². The van der Waals surface area contributed by atoms with E-state index in [1.54, 1.807) is 30.5 Å². The summed E-state index contributed by atoms with van der Waals surface area (Å²) in [6, 6.07) is 17.6. The Morgan fingerprint density at radius 2 is 1.77 bits per heavy atom. The molecule has 202 valence electrons. The third-order valence-electron chi connectivity index (χ3n) is 7.94. The molecule has 3 aromatic carbocycles. The second-order valence-electron chi connectivity index (χ2n) is 10.7. The molecule has 0 unspecified atom stereocenters. The number of rotatable bonds is 7. The van der Waals surface area contributed by atoms with Gasteiger partial charge < -0.3 is 15.4 Å². The highest BCUT2D eigenvalue weighted by molar-refractivity contribution is 7.99. The zero-order valence-corrected chi connectivity index (χ0v) is 21.7. The quantitative estimate of drug-likeness (QED) is 0.229. The minimum absolute atomic E-state index is 0.193. The van der Waals surface area contributed by atoms with Gasteiger partial charge in [-0.3, -0.25) is 9.59 Å². The Labute approximate surface area is 231 Å². The van der Waals surface area contributed by atoms with Crippen molar-refractivity contribution in [2.75, 3.05) is 6.54 Å². The number of alkyl halides is 3. The second-order valence-corrected chi connectivity index (χ2v) is 11.8. The monoisotopic (exact) mass is 561 g/mol. The van der Waals surface area contributed by atoms with Crippen molar-refractivity contribution in [3.63, 3.8) is 0 Å². The largest absolute Gasteiger partial charge is 0.481 e. The Bertz CT molecular complexity index is 1700. The van der Waals surface area contributed by atoms with E-state index in [9.17, 15) is 33.1 Å². The van der Waals surface area contributed by atoms with Crippen molar-refractivity contribution in [2.45, 2.75) is 35.2 Å². The van der Waals surface area contributed by atoms with E-state index < -0.39 is 23.1 Å². The highest BCUT2D eigenvalue weighted by atomic mass is 32.2. The van der Waals surface area contributed by atoms with E-state index >= 15 is 0 Å². The Hall–Kier alpha value is -4.23. The molecule has 0 saturated heterocycles. The molecule has 3 fully saturated rings. The lowest BCUT2D eigenvalue weighted by Gasteiger charge is -2.68. The smallest absolute Gasteiger partial charge is 0.416 e. The van der Waals surface area contributed by atoms with Crippen molar-refractivity contribution >= 4 is 34.5 Å². The minimum Gasteiger partial charge on any atom is -0.481 e. The van der Waals surface area contributed by atoms with Crippen LogP contribution in [0.25, 0.3) is 22.0 Å². The van der Waals surface area contributed by atoms with Crippen LogP contribution in [0.5, 0.6) is 0 Å². The van der Waals surface area contributed by atoms with E-state index in [-0.39, 0.29) is 11.3 Å². The van der Waals surface area contributed by atoms with Gasteiger partial charge in [0.25, 0.3) is 5.91 Å². The number of fused-ring (bicyclic) bond motifs is 1. The number of benzene rings is 3. The SMILES string of the molecule is N#Cc1cccc(-c2cc(C(=O)NCC34CC(C(=O)O)(C3)C4)c3c(Sc4ccc(C(F)(F)F)cc4)c[nH]c3c2)c1. The zero-order valence-electron chi connectivity index (χ0n) is 20.9. The first-order valence-electron chi connectivity index (χ1n) is 12.5. The Morgan fingerprint density at radius 1 is 1.05 bits per heavy atom. The third kappa shape index (κ3) is 4.40. The lowest BCUT2D eigenvalue weighted by Crippen LogP contribution is -2.68. The van der Waals surface area contributed by atoms with Crippen LogP contribution < -0.4 is 5.32 Å². The molecule has 3 N–H and O–H groups in total. The number of nitrogens with zero attached hydrogens (tertiary/aromatic N) is 1. The molecular weight excluding hydrogens is 539 g/mol. The van der Waals surface area contributed by atoms with E-state index in [2.05, 4.69) is 16.4 Å². The molecule has 40 heavy (non-hydrogen) atoms. The molecular formula is C30H22F3N3O3S. The molecule has 0 radical (unpaired) electrons. The molecule has 3 saturated carbocycles. The normalized spacial score (nSPS) is 21.2. The number of H-pyrrole nitrogens is 1. The van der Waals surface area contributed by atoms with Crippen LogP contribution in [0.3, 0.4) is 0 Å². The number of nitrogens with one attached hydrogen (secondary N) is 2. The standard InChI is InChI=1S/C30H22F3N3O3S/c31-30(32,33)20-4-6-21(7-5-20)40-24-12-35-23-10-19(18-3-1-2-17(8-18)11-34)9-22(25(23)24)26(37)36-16-28-13-29(14-28,15-28)27(38)39/h1-10,12,35H,13-16H2,(H,36,37)(H,38,39). The van der Waals surface area contributed by atoms with Gasteiger partial charge in [0.2, 0.25) is 0 Å². The molecule has 3 aliphatic rings. The fourth-order valence-corrected chi connectivity index (χ4v) is 7.01. The molecule has 0 atom stereocenters. The van der Waals surface area contributed by atoms with Crippen molar-refractivity contribution < 1.29 is 27.9 Å². The van der Waals surface area contributed by atoms with Crippen LogP contribution in [0, 0.1) is 22.2 Å². The van der Waals surface area contributed by atoms with Gasteiger partial charge in [0.1, 0.15) is 0 Å². The maximum atomic E-state index is 13.6. The molecule has 3 aliphatic carbocycles. The topological polar surface area (TPSA) is 106 Å². The Kier molecular flexibility index (Phi) is 5.96. The van der Waals surface area contributed by atoms with E-state index in [1.165, 1.54) is 23.9 Å². The van der Waals surface area contributed by atoms with Crippen LogP contribution in [0.15, 0.2) is 76.7 Å². The van der Waals surface area contributed by atoms with Crippen LogP contribution in [0.2, 0.25) is 0 Å². The van der Waals surface area contributed by atoms with Gasteiger partial charge >= 0.3 is 12.1 Å². The molecule has 7 rings (SSSR count). The molecule has 0 spiro atoms. The first-order valence-corrected chi connectivity index (χ1v) is 13.4. The van der Waals surface area contributed by atoms with Crippen LogP contribution in [-0.4, -0.2) is 28.5 Å². The summed E-state index contributed by atoms with van der Waals surface area (Å²) in [7, 11) is 0. The van der Waals surface area contributed by atoms with Gasteiger partial charge in [-0.25, -0.2) is 0 Å². The molecule has 4 aromatic rings. The Morgan fingerprint density at radius 3 is 2.42 bits per heavy atom. The molecule has 0 aliphatic heterocycles. The fraction of sp³-hybridized carbons (Fsp3) is 0.233. The van der Waals surface area contributed by atoms with Crippen molar-refractivity contribution in [1.82, 2.24) is 10.3 Å². The van der Waals surface area contributed by atoms with Gasteiger partial charge in [-0.1, -0.05) is 23.9 Å². The first kappa shape index (κ1) is 26.0. The van der Waals surface area contributed by atoms with Gasteiger partial charge in [-0.05, 0) is 84.3 Å². The highest BCUT2D eigenvalue weighted by Crippen LogP contribution is 2.73. The maximum absolute atomic E-state index is 13.6. The number of carboxylic acids is 1. The summed E-state index contributed by atoms with van der Waals surface area (Å²) in [6.45, 7) is 0.363. The summed E-state index contributed by atoms with van der Waals surface area (Å²) in [4.78, 5) is 29.5. The summed E-state index contributed by atoms with van der Waals surface area (Å²) in [5.74, 6) is -1.11. The summed E-state index contributed by atoms with van der Waals surface area (Å²) in [5.41, 5.74) is 1.42. The fourth-order valence-electron chi connectivity index (χ4n) is 6.05. The van der Waals surface area contributed by atoms with E-state index in [1.807, 2.05) is 12.1 Å². The average molecular weight is 562 g/mol. The van der Waals surface area contributed by atoms with Crippen LogP contribution in [0.1, 0.15) is 40.7 Å². The number of hydrogen-bond acceptors (Lipinski definition) is 4. The molecule has 1 amide bonds. The predicted octanol–water partition coefficient (Wildman–Crippen LogP) is 6.86. The Balaban J connectivity index is 1.34. The van der Waals surface area contributed by atoms with Crippen LogP contribution >= 0.6 is 11.8 Å². The molecule has 2 bridgehead atoms. The third-order valence-corrected chi connectivity index (χ3v) is 8.99. The summed E-state index contributed by atoms with van der Waals surface area (Å²) >= 11 is 1.25. The summed E-state index contributed by atoms with van der Waals surface area (Å²) in [5, 5.41) is 22.4. The number of aromatic nitrogens is 1. The minimum atomic E-state index is -4.43.